The summed E-state index contributed by atoms with van der Waals surface area (Å²) in [5.41, 5.74) is 3.16. The number of pyridine rings is 1. The van der Waals surface area contributed by atoms with Gasteiger partial charge >= 0.3 is 0 Å². The molecule has 110 valence electrons. The van der Waals surface area contributed by atoms with Crippen LogP contribution < -0.4 is 5.32 Å². The lowest BCUT2D eigenvalue weighted by atomic mass is 9.78. The average molecular weight is 280 g/mol. The van der Waals surface area contributed by atoms with Crippen molar-refractivity contribution in [1.29, 1.82) is 0 Å². The van der Waals surface area contributed by atoms with Gasteiger partial charge in [0.05, 0.1) is 0 Å². The van der Waals surface area contributed by atoms with E-state index in [9.17, 15) is 0 Å². The highest BCUT2D eigenvalue weighted by Crippen LogP contribution is 2.54. The molecule has 1 aliphatic rings. The minimum Gasteiger partial charge on any atom is -0.313 e. The summed E-state index contributed by atoms with van der Waals surface area (Å²) in [7, 11) is 0. The van der Waals surface area contributed by atoms with Crippen molar-refractivity contribution >= 4 is 0 Å². The first-order valence-electron chi connectivity index (χ1n) is 7.97. The van der Waals surface area contributed by atoms with E-state index in [2.05, 4.69) is 66.6 Å². The third kappa shape index (κ3) is 2.73. The Bertz CT molecular complexity index is 561. The van der Waals surface area contributed by atoms with Crippen LogP contribution in [0, 0.1) is 0 Å². The molecular weight excluding hydrogens is 256 g/mol. The zero-order chi connectivity index (χ0) is 14.7. The quantitative estimate of drug-likeness (QED) is 0.868. The number of hydrogen-bond donors (Lipinski definition) is 1. The smallest absolute Gasteiger partial charge is 0.0270 e. The molecule has 1 N–H and O–H groups in total. The molecule has 2 nitrogen and oxygen atoms in total. The van der Waals surface area contributed by atoms with Crippen LogP contribution >= 0.6 is 0 Å². The monoisotopic (exact) mass is 280 g/mol. The normalized spacial score (nSPS) is 19.0. The van der Waals surface area contributed by atoms with Crippen LogP contribution in [0.4, 0.5) is 0 Å². The summed E-state index contributed by atoms with van der Waals surface area (Å²) in [6, 6.07) is 15.8. The summed E-state index contributed by atoms with van der Waals surface area (Å²) in [5, 5.41) is 3.76. The first kappa shape index (κ1) is 14.3. The summed E-state index contributed by atoms with van der Waals surface area (Å²) < 4.78 is 0. The molecule has 0 spiro atoms. The lowest BCUT2D eigenvalue weighted by Crippen LogP contribution is -2.43. The lowest BCUT2D eigenvalue weighted by molar-refractivity contribution is 0.373. The Hall–Kier alpha value is -1.67. The van der Waals surface area contributed by atoms with Gasteiger partial charge in [0.2, 0.25) is 0 Å². The van der Waals surface area contributed by atoms with Crippen molar-refractivity contribution in [2.45, 2.75) is 44.1 Å². The second-order valence-corrected chi connectivity index (χ2v) is 6.13. The van der Waals surface area contributed by atoms with Crippen LogP contribution in [0.2, 0.25) is 0 Å². The highest BCUT2D eigenvalue weighted by molar-refractivity contribution is 5.36. The maximum absolute atomic E-state index is 4.15. The third-order valence-electron chi connectivity index (χ3n) is 4.89. The summed E-state index contributed by atoms with van der Waals surface area (Å²) in [6.45, 7) is 5.55. The molecule has 0 saturated heterocycles. The van der Waals surface area contributed by atoms with Gasteiger partial charge in [-0.25, -0.2) is 0 Å². The Morgan fingerprint density at radius 2 is 1.76 bits per heavy atom. The second kappa shape index (κ2) is 5.98. The molecule has 2 atom stereocenters. The summed E-state index contributed by atoms with van der Waals surface area (Å²) in [5.74, 6) is 0.482. The number of nitrogens with one attached hydrogen (secondary N) is 1. The van der Waals surface area contributed by atoms with Gasteiger partial charge in [0.1, 0.15) is 0 Å². The first-order chi connectivity index (χ1) is 10.3. The van der Waals surface area contributed by atoms with E-state index in [1.54, 1.807) is 0 Å². The van der Waals surface area contributed by atoms with Crippen LogP contribution in [0.5, 0.6) is 0 Å². The molecule has 1 fully saturated rings. The van der Waals surface area contributed by atoms with Crippen molar-refractivity contribution in [1.82, 2.24) is 10.3 Å². The first-order valence-corrected chi connectivity index (χ1v) is 7.97. The predicted octanol–water partition coefficient (Wildman–Crippen LogP) is 3.90. The molecule has 2 heteroatoms. The number of rotatable bonds is 6. The zero-order valence-electron chi connectivity index (χ0n) is 12.9. The molecule has 2 aromatic rings. The summed E-state index contributed by atoms with van der Waals surface area (Å²) in [6.07, 6.45) is 6.36. The fourth-order valence-electron chi connectivity index (χ4n) is 3.61. The van der Waals surface area contributed by atoms with Gasteiger partial charge in [0.15, 0.2) is 0 Å². The molecule has 1 aromatic carbocycles. The number of aromatic nitrogens is 1. The lowest BCUT2D eigenvalue weighted by Gasteiger charge is -2.33. The van der Waals surface area contributed by atoms with Crippen molar-refractivity contribution in [2.24, 2.45) is 0 Å². The SMILES string of the molecule is CCNC(C(C)c1ccncc1)C1(c2ccccc2)CC1. The Balaban J connectivity index is 1.92. The van der Waals surface area contributed by atoms with Crippen LogP contribution in [0.1, 0.15) is 43.7 Å². The molecule has 1 aromatic heterocycles. The van der Waals surface area contributed by atoms with Gasteiger partial charge in [-0.05, 0) is 48.6 Å². The Kier molecular flexibility index (Phi) is 4.07. The van der Waals surface area contributed by atoms with E-state index >= 15 is 0 Å². The molecule has 2 unspecified atom stereocenters. The van der Waals surface area contributed by atoms with E-state index in [-0.39, 0.29) is 0 Å². The molecule has 21 heavy (non-hydrogen) atoms. The maximum atomic E-state index is 4.15. The van der Waals surface area contributed by atoms with Crippen LogP contribution in [-0.2, 0) is 5.41 Å². The van der Waals surface area contributed by atoms with Gasteiger partial charge in [-0.1, -0.05) is 44.2 Å². The standard InChI is InChI=1S/C19H24N2/c1-3-21-18(15(2)16-9-13-20-14-10-16)19(11-12-19)17-7-5-4-6-8-17/h4-10,13-15,18,21H,3,11-12H2,1-2H3. The van der Waals surface area contributed by atoms with Crippen molar-refractivity contribution in [3.63, 3.8) is 0 Å². The Morgan fingerprint density at radius 1 is 1.10 bits per heavy atom. The predicted molar refractivity (Wildman–Crippen MR) is 87.5 cm³/mol. The molecule has 1 heterocycles. The van der Waals surface area contributed by atoms with Crippen LogP contribution in [0.15, 0.2) is 54.9 Å². The van der Waals surface area contributed by atoms with E-state index in [1.807, 2.05) is 12.4 Å². The van der Waals surface area contributed by atoms with Gasteiger partial charge in [-0.2, -0.15) is 0 Å². The van der Waals surface area contributed by atoms with E-state index < -0.39 is 0 Å². The highest BCUT2D eigenvalue weighted by Gasteiger charge is 2.52. The van der Waals surface area contributed by atoms with E-state index in [4.69, 9.17) is 0 Å². The molecule has 3 rings (SSSR count). The Labute approximate surface area is 127 Å². The largest absolute Gasteiger partial charge is 0.313 e. The van der Waals surface area contributed by atoms with Gasteiger partial charge in [-0.3, -0.25) is 4.98 Å². The van der Waals surface area contributed by atoms with Crippen molar-refractivity contribution in [2.75, 3.05) is 6.54 Å². The van der Waals surface area contributed by atoms with Crippen molar-refractivity contribution in [3.05, 3.63) is 66.0 Å². The summed E-state index contributed by atoms with van der Waals surface area (Å²) >= 11 is 0. The van der Waals surface area contributed by atoms with Crippen LogP contribution in [0.3, 0.4) is 0 Å². The van der Waals surface area contributed by atoms with Crippen molar-refractivity contribution < 1.29 is 0 Å². The third-order valence-corrected chi connectivity index (χ3v) is 4.89. The number of likely N-dealkylation sites (N-methyl/N-ethyl adjacent to an activating group) is 1. The van der Waals surface area contributed by atoms with E-state index in [0.29, 0.717) is 17.4 Å². The minimum absolute atomic E-state index is 0.306. The van der Waals surface area contributed by atoms with Gasteiger partial charge < -0.3 is 5.32 Å². The topological polar surface area (TPSA) is 24.9 Å². The molecular formula is C19H24N2. The Morgan fingerprint density at radius 3 is 2.33 bits per heavy atom. The number of hydrogen-bond acceptors (Lipinski definition) is 2. The number of nitrogens with zero attached hydrogens (tertiary/aromatic N) is 1. The highest BCUT2D eigenvalue weighted by atomic mass is 15.0. The molecule has 1 saturated carbocycles. The van der Waals surface area contributed by atoms with Crippen molar-refractivity contribution in [3.8, 4) is 0 Å². The second-order valence-electron chi connectivity index (χ2n) is 6.13. The maximum Gasteiger partial charge on any atom is 0.0270 e. The molecule has 0 aliphatic heterocycles. The van der Waals surface area contributed by atoms with E-state index in [0.717, 1.165) is 6.54 Å². The van der Waals surface area contributed by atoms with E-state index in [1.165, 1.54) is 24.0 Å². The number of benzene rings is 1. The average Bonchev–Trinajstić information content (AvgIpc) is 3.35. The van der Waals surface area contributed by atoms with Crippen LogP contribution in [-0.4, -0.2) is 17.6 Å². The van der Waals surface area contributed by atoms with Gasteiger partial charge in [0, 0.05) is 23.9 Å². The molecule has 0 bridgehead atoms. The summed E-state index contributed by atoms with van der Waals surface area (Å²) in [4.78, 5) is 4.15. The minimum atomic E-state index is 0.306. The molecule has 0 radical (unpaired) electrons. The molecule has 0 amide bonds. The zero-order valence-corrected chi connectivity index (χ0v) is 12.9. The van der Waals surface area contributed by atoms with Gasteiger partial charge in [0.25, 0.3) is 0 Å². The van der Waals surface area contributed by atoms with Crippen LogP contribution in [0.25, 0.3) is 0 Å². The fourth-order valence-corrected chi connectivity index (χ4v) is 3.61. The fraction of sp³-hybridized carbons (Fsp3) is 0.421. The molecule has 1 aliphatic carbocycles. The van der Waals surface area contributed by atoms with Gasteiger partial charge in [-0.15, -0.1) is 0 Å².